The number of nitrogens with one attached hydrogen (secondary N) is 1. The molecule has 3 aliphatic heterocycles. The maximum Gasteiger partial charge on any atom is 0.185 e. The van der Waals surface area contributed by atoms with Gasteiger partial charge in [0, 0.05) is 6.54 Å². The molecular weight excluding hydrogens is 168 g/mol. The smallest absolute Gasteiger partial charge is 0.185 e. The molecule has 1 atom stereocenters. The summed E-state index contributed by atoms with van der Waals surface area (Å²) in [4.78, 5) is 12.4. The van der Waals surface area contributed by atoms with Gasteiger partial charge in [-0.3, -0.25) is 4.99 Å². The first-order chi connectivity index (χ1) is 6.45. The monoisotopic (exact) mass is 176 g/mol. The number of dihydropyridines is 1. The third kappa shape index (κ3) is 0.898. The van der Waals surface area contributed by atoms with Crippen LogP contribution in [0.3, 0.4) is 0 Å². The molecule has 66 valence electrons. The van der Waals surface area contributed by atoms with Gasteiger partial charge in [0.2, 0.25) is 0 Å². The van der Waals surface area contributed by atoms with Crippen molar-refractivity contribution in [2.45, 2.75) is 6.17 Å². The fourth-order valence-electron chi connectivity index (χ4n) is 1.55. The average Bonchev–Trinajstić information content (AvgIpc) is 2.65. The van der Waals surface area contributed by atoms with Crippen molar-refractivity contribution < 1.29 is 4.74 Å². The molecule has 0 spiro atoms. The molecule has 0 aliphatic carbocycles. The van der Waals surface area contributed by atoms with E-state index in [4.69, 9.17) is 4.74 Å². The molecule has 3 rings (SSSR count). The zero-order valence-electron chi connectivity index (χ0n) is 6.90. The number of hydrogen-bond acceptors (Lipinski definition) is 5. The van der Waals surface area contributed by atoms with Crippen LogP contribution in [0.5, 0.6) is 0 Å². The van der Waals surface area contributed by atoms with Crippen molar-refractivity contribution in [1.29, 1.82) is 0 Å². The molecule has 0 aromatic heterocycles. The van der Waals surface area contributed by atoms with Gasteiger partial charge in [-0.25, -0.2) is 9.98 Å². The normalized spacial score (nSPS) is 28.9. The van der Waals surface area contributed by atoms with Crippen LogP contribution in [0, 0.1) is 0 Å². The molecule has 0 saturated heterocycles. The molecule has 0 saturated carbocycles. The summed E-state index contributed by atoms with van der Waals surface area (Å²) >= 11 is 0. The fraction of sp³-hybridized carbons (Fsp3) is 0.375. The zero-order chi connectivity index (χ0) is 8.67. The summed E-state index contributed by atoms with van der Waals surface area (Å²) in [5, 5.41) is 3.25. The largest absolute Gasteiger partial charge is 0.488 e. The molecule has 0 bridgehead atoms. The van der Waals surface area contributed by atoms with Gasteiger partial charge in [-0.05, 0) is 0 Å². The van der Waals surface area contributed by atoms with Crippen molar-refractivity contribution in [1.82, 2.24) is 5.32 Å². The standard InChI is InChI=1S/C8H8N4O/c1-2-13-5-3-10-8-7(6(5)9-1)11-4-12-8/h3-4,8-9H,1-2H2. The number of rotatable bonds is 0. The third-order valence-corrected chi connectivity index (χ3v) is 2.15. The van der Waals surface area contributed by atoms with Gasteiger partial charge in [-0.15, -0.1) is 0 Å². The predicted octanol–water partition coefficient (Wildman–Crippen LogP) is -0.289. The van der Waals surface area contributed by atoms with Gasteiger partial charge in [0.1, 0.15) is 24.4 Å². The highest BCUT2D eigenvalue weighted by Crippen LogP contribution is 2.19. The zero-order valence-corrected chi connectivity index (χ0v) is 6.90. The number of allylic oxidation sites excluding steroid dienone is 1. The summed E-state index contributed by atoms with van der Waals surface area (Å²) in [5.41, 5.74) is 1.82. The van der Waals surface area contributed by atoms with E-state index < -0.39 is 0 Å². The highest BCUT2D eigenvalue weighted by Gasteiger charge is 2.29. The molecule has 0 radical (unpaired) electrons. The highest BCUT2D eigenvalue weighted by atomic mass is 16.5. The Morgan fingerprint density at radius 1 is 1.46 bits per heavy atom. The second-order valence-corrected chi connectivity index (χ2v) is 2.95. The van der Waals surface area contributed by atoms with Crippen LogP contribution in [0.15, 0.2) is 26.4 Å². The number of aliphatic imine (C=N–C) groups is 3. The van der Waals surface area contributed by atoms with Gasteiger partial charge in [-0.2, -0.15) is 0 Å². The van der Waals surface area contributed by atoms with Crippen LogP contribution in [0.2, 0.25) is 0 Å². The fourth-order valence-corrected chi connectivity index (χ4v) is 1.55. The van der Waals surface area contributed by atoms with E-state index in [0.717, 1.165) is 23.7 Å². The molecule has 1 unspecified atom stereocenters. The Kier molecular flexibility index (Phi) is 1.27. The maximum atomic E-state index is 5.42. The van der Waals surface area contributed by atoms with Crippen molar-refractivity contribution in [2.24, 2.45) is 15.0 Å². The van der Waals surface area contributed by atoms with E-state index in [9.17, 15) is 0 Å². The lowest BCUT2D eigenvalue weighted by Gasteiger charge is -2.24. The van der Waals surface area contributed by atoms with Crippen molar-refractivity contribution in [3.05, 3.63) is 11.5 Å². The van der Waals surface area contributed by atoms with Crippen LogP contribution in [0.1, 0.15) is 0 Å². The number of ether oxygens (including phenoxy) is 1. The Balaban J connectivity index is 2.07. The van der Waals surface area contributed by atoms with Crippen LogP contribution in [-0.4, -0.2) is 37.6 Å². The van der Waals surface area contributed by atoms with Gasteiger partial charge in [0.25, 0.3) is 0 Å². The predicted molar refractivity (Wildman–Crippen MR) is 49.2 cm³/mol. The Morgan fingerprint density at radius 2 is 2.46 bits per heavy atom. The summed E-state index contributed by atoms with van der Waals surface area (Å²) in [6.45, 7) is 1.50. The summed E-state index contributed by atoms with van der Waals surface area (Å²) in [7, 11) is 0. The van der Waals surface area contributed by atoms with E-state index in [1.807, 2.05) is 0 Å². The molecule has 0 amide bonds. The van der Waals surface area contributed by atoms with E-state index in [1.165, 1.54) is 0 Å². The van der Waals surface area contributed by atoms with Crippen molar-refractivity contribution in [2.75, 3.05) is 13.2 Å². The second-order valence-electron chi connectivity index (χ2n) is 2.95. The van der Waals surface area contributed by atoms with E-state index in [1.54, 1.807) is 12.6 Å². The Morgan fingerprint density at radius 3 is 3.46 bits per heavy atom. The van der Waals surface area contributed by atoms with Gasteiger partial charge in [-0.1, -0.05) is 0 Å². The minimum atomic E-state index is -0.145. The van der Waals surface area contributed by atoms with Crippen LogP contribution >= 0.6 is 0 Å². The first-order valence-electron chi connectivity index (χ1n) is 4.19. The SMILES string of the molecule is C1=NC2N=CC3=C(NCCO3)C2=N1. The van der Waals surface area contributed by atoms with Gasteiger partial charge < -0.3 is 10.1 Å². The van der Waals surface area contributed by atoms with Gasteiger partial charge >= 0.3 is 0 Å². The molecule has 3 heterocycles. The summed E-state index contributed by atoms with van der Waals surface area (Å²) < 4.78 is 5.42. The second kappa shape index (κ2) is 2.42. The van der Waals surface area contributed by atoms with E-state index >= 15 is 0 Å². The van der Waals surface area contributed by atoms with E-state index in [0.29, 0.717) is 6.61 Å². The molecule has 0 fully saturated rings. The minimum Gasteiger partial charge on any atom is -0.488 e. The molecule has 13 heavy (non-hydrogen) atoms. The lowest BCUT2D eigenvalue weighted by Crippen LogP contribution is -2.37. The van der Waals surface area contributed by atoms with Crippen LogP contribution in [0.25, 0.3) is 0 Å². The summed E-state index contributed by atoms with van der Waals surface area (Å²) in [6.07, 6.45) is 3.12. The average molecular weight is 176 g/mol. The first kappa shape index (κ1) is 6.82. The number of nitrogens with zero attached hydrogens (tertiary/aromatic N) is 3. The van der Waals surface area contributed by atoms with Gasteiger partial charge in [0.15, 0.2) is 11.9 Å². The van der Waals surface area contributed by atoms with E-state index in [2.05, 4.69) is 20.3 Å². The quantitative estimate of drug-likeness (QED) is 0.551. The molecule has 5 nitrogen and oxygen atoms in total. The van der Waals surface area contributed by atoms with Gasteiger partial charge in [0.05, 0.1) is 6.21 Å². The molecule has 3 aliphatic rings. The molecular formula is C8H8N4O. The molecule has 0 aromatic carbocycles. The van der Waals surface area contributed by atoms with Crippen LogP contribution in [-0.2, 0) is 4.74 Å². The number of hydrogen-bond donors (Lipinski definition) is 1. The van der Waals surface area contributed by atoms with E-state index in [-0.39, 0.29) is 6.17 Å². The Labute approximate surface area is 74.9 Å². The highest BCUT2D eigenvalue weighted by molar-refractivity contribution is 6.14. The summed E-state index contributed by atoms with van der Waals surface area (Å²) in [6, 6.07) is 0. The molecule has 1 N–H and O–H groups in total. The van der Waals surface area contributed by atoms with Crippen LogP contribution in [0.4, 0.5) is 0 Å². The Bertz CT molecular complexity index is 366. The lowest BCUT2D eigenvalue weighted by atomic mass is 10.1. The Hall–Kier alpha value is -1.65. The number of fused-ring (bicyclic) bond motifs is 2. The van der Waals surface area contributed by atoms with Crippen molar-refractivity contribution >= 4 is 18.3 Å². The summed E-state index contributed by atoms with van der Waals surface area (Å²) in [5.74, 6) is 0.784. The minimum absolute atomic E-state index is 0.145. The van der Waals surface area contributed by atoms with Crippen molar-refractivity contribution in [3.63, 3.8) is 0 Å². The first-order valence-corrected chi connectivity index (χ1v) is 4.19. The lowest BCUT2D eigenvalue weighted by molar-refractivity contribution is 0.214. The topological polar surface area (TPSA) is 58.3 Å². The van der Waals surface area contributed by atoms with Crippen LogP contribution < -0.4 is 5.32 Å². The molecule has 5 heteroatoms. The third-order valence-electron chi connectivity index (χ3n) is 2.15. The molecule has 0 aromatic rings. The van der Waals surface area contributed by atoms with Crippen molar-refractivity contribution in [3.8, 4) is 0 Å². The maximum absolute atomic E-state index is 5.42.